The third-order valence-electron chi connectivity index (χ3n) is 4.73. The largest absolute Gasteiger partial charge is 0.469 e. The number of hydrogen-bond donors (Lipinski definition) is 1. The maximum absolute atomic E-state index is 12.5. The van der Waals surface area contributed by atoms with Gasteiger partial charge in [-0.25, -0.2) is 0 Å². The van der Waals surface area contributed by atoms with Crippen molar-refractivity contribution in [1.82, 2.24) is 5.32 Å². The van der Waals surface area contributed by atoms with Gasteiger partial charge in [-0.3, -0.25) is 9.59 Å². The molecule has 1 fully saturated rings. The van der Waals surface area contributed by atoms with E-state index in [0.29, 0.717) is 0 Å². The van der Waals surface area contributed by atoms with Crippen molar-refractivity contribution in [3.63, 3.8) is 0 Å². The number of nitrogens with one attached hydrogen (secondary N) is 1. The zero-order valence-corrected chi connectivity index (χ0v) is 14.2. The van der Waals surface area contributed by atoms with E-state index in [1.807, 2.05) is 60.7 Å². The van der Waals surface area contributed by atoms with E-state index in [2.05, 4.69) is 5.32 Å². The molecule has 5 heteroatoms. The molecule has 0 bridgehead atoms. The first-order valence-corrected chi connectivity index (χ1v) is 8.19. The number of carbonyl (C=O) groups excluding carboxylic acids is 2. The van der Waals surface area contributed by atoms with E-state index in [-0.39, 0.29) is 12.1 Å². The summed E-state index contributed by atoms with van der Waals surface area (Å²) in [5.41, 5.74) is 1.87. The minimum absolute atomic E-state index is 0.331. The Labute approximate surface area is 147 Å². The summed E-state index contributed by atoms with van der Waals surface area (Å²) < 4.78 is 10.0. The summed E-state index contributed by atoms with van der Waals surface area (Å²) in [4.78, 5) is 25.1. The molecule has 0 unspecified atom stereocenters. The van der Waals surface area contributed by atoms with Crippen molar-refractivity contribution >= 4 is 11.9 Å². The lowest BCUT2D eigenvalue weighted by molar-refractivity contribution is -0.157. The Balaban J connectivity index is 2.07. The van der Waals surface area contributed by atoms with Crippen molar-refractivity contribution in [3.8, 4) is 0 Å². The molecule has 5 nitrogen and oxygen atoms in total. The molecule has 1 aliphatic heterocycles. The SMILES string of the molecule is COC(=O)[C@@H]1[C@H](C(=O)OC)[C@H](c2ccccc2)N[C@@H]1c1ccccc1. The monoisotopic (exact) mass is 339 g/mol. The zero-order chi connectivity index (χ0) is 17.8. The van der Waals surface area contributed by atoms with Gasteiger partial charge in [-0.15, -0.1) is 0 Å². The van der Waals surface area contributed by atoms with Crippen LogP contribution in [0.4, 0.5) is 0 Å². The van der Waals surface area contributed by atoms with Gasteiger partial charge in [0.05, 0.1) is 26.1 Å². The summed E-state index contributed by atoms with van der Waals surface area (Å²) in [6.07, 6.45) is 0. The average molecular weight is 339 g/mol. The third-order valence-corrected chi connectivity index (χ3v) is 4.73. The molecule has 4 atom stereocenters. The normalized spacial score (nSPS) is 25.4. The summed E-state index contributed by atoms with van der Waals surface area (Å²) in [5.74, 6) is -2.17. The molecule has 3 rings (SSSR count). The zero-order valence-electron chi connectivity index (χ0n) is 14.2. The molecule has 0 saturated carbocycles. The molecule has 25 heavy (non-hydrogen) atoms. The number of esters is 2. The molecule has 0 radical (unpaired) electrons. The maximum Gasteiger partial charge on any atom is 0.311 e. The van der Waals surface area contributed by atoms with Crippen molar-refractivity contribution in [2.75, 3.05) is 14.2 Å². The van der Waals surface area contributed by atoms with Crippen LogP contribution in [0.15, 0.2) is 60.7 Å². The molecule has 0 spiro atoms. The number of rotatable bonds is 4. The fourth-order valence-electron chi connectivity index (χ4n) is 3.58. The van der Waals surface area contributed by atoms with Crippen molar-refractivity contribution < 1.29 is 19.1 Å². The van der Waals surface area contributed by atoms with E-state index in [1.54, 1.807) is 0 Å². The second-order valence-corrected chi connectivity index (χ2v) is 6.04. The van der Waals surface area contributed by atoms with Gasteiger partial charge in [0.2, 0.25) is 0 Å². The number of benzene rings is 2. The van der Waals surface area contributed by atoms with Crippen LogP contribution in [0.3, 0.4) is 0 Å². The molecule has 2 aromatic rings. The molecule has 130 valence electrons. The van der Waals surface area contributed by atoms with Gasteiger partial charge in [0, 0.05) is 12.1 Å². The van der Waals surface area contributed by atoms with E-state index in [0.717, 1.165) is 11.1 Å². The number of hydrogen-bond acceptors (Lipinski definition) is 5. The minimum Gasteiger partial charge on any atom is -0.469 e. The third kappa shape index (κ3) is 3.28. The van der Waals surface area contributed by atoms with E-state index in [4.69, 9.17) is 9.47 Å². The van der Waals surface area contributed by atoms with Crippen LogP contribution in [0, 0.1) is 11.8 Å². The minimum atomic E-state index is -0.662. The van der Waals surface area contributed by atoms with Crippen LogP contribution < -0.4 is 5.32 Å². The van der Waals surface area contributed by atoms with E-state index in [9.17, 15) is 9.59 Å². The quantitative estimate of drug-likeness (QED) is 0.868. The number of methoxy groups -OCH3 is 2. The van der Waals surface area contributed by atoms with Crippen LogP contribution in [0.25, 0.3) is 0 Å². The predicted octanol–water partition coefficient (Wildman–Crippen LogP) is 2.65. The fourth-order valence-corrected chi connectivity index (χ4v) is 3.58. The van der Waals surface area contributed by atoms with Crippen LogP contribution in [-0.2, 0) is 19.1 Å². The second-order valence-electron chi connectivity index (χ2n) is 6.04. The van der Waals surface area contributed by atoms with Crippen LogP contribution in [0.2, 0.25) is 0 Å². The standard InChI is InChI=1S/C20H21NO4/c1-24-19(22)15-16(20(23)25-2)18(14-11-7-4-8-12-14)21-17(15)13-9-5-3-6-10-13/h3-12,15-18,21H,1-2H3/t15-,16+,17-,18+. The Morgan fingerprint density at radius 1 is 0.720 bits per heavy atom. The van der Waals surface area contributed by atoms with Crippen molar-refractivity contribution in [2.24, 2.45) is 11.8 Å². The van der Waals surface area contributed by atoms with E-state index in [1.165, 1.54) is 14.2 Å². The van der Waals surface area contributed by atoms with Gasteiger partial charge < -0.3 is 14.8 Å². The predicted molar refractivity (Wildman–Crippen MR) is 92.5 cm³/mol. The highest BCUT2D eigenvalue weighted by Gasteiger charge is 2.52. The molecule has 2 aromatic carbocycles. The van der Waals surface area contributed by atoms with Crippen LogP contribution in [0.5, 0.6) is 0 Å². The average Bonchev–Trinajstić information content (AvgIpc) is 3.08. The summed E-state index contributed by atoms with van der Waals surface area (Å²) in [6.45, 7) is 0. The molecule has 0 aromatic heterocycles. The fraction of sp³-hybridized carbons (Fsp3) is 0.300. The highest BCUT2D eigenvalue weighted by Crippen LogP contribution is 2.45. The summed E-state index contributed by atoms with van der Waals surface area (Å²) in [7, 11) is 2.68. The van der Waals surface area contributed by atoms with Gasteiger partial charge in [0.15, 0.2) is 0 Å². The van der Waals surface area contributed by atoms with Crippen LogP contribution in [-0.4, -0.2) is 26.2 Å². The molecule has 1 saturated heterocycles. The summed E-state index contributed by atoms with van der Waals surface area (Å²) in [5, 5.41) is 3.45. The lowest BCUT2D eigenvalue weighted by Gasteiger charge is -2.21. The Bertz CT molecular complexity index is 668. The Hall–Kier alpha value is -2.66. The highest BCUT2D eigenvalue weighted by molar-refractivity contribution is 5.84. The Morgan fingerprint density at radius 3 is 1.40 bits per heavy atom. The maximum atomic E-state index is 12.5. The van der Waals surface area contributed by atoms with Gasteiger partial charge in [-0.05, 0) is 11.1 Å². The van der Waals surface area contributed by atoms with Crippen molar-refractivity contribution in [1.29, 1.82) is 0 Å². The first-order valence-electron chi connectivity index (χ1n) is 8.19. The van der Waals surface area contributed by atoms with Gasteiger partial charge in [0.25, 0.3) is 0 Å². The molecular weight excluding hydrogens is 318 g/mol. The molecule has 1 aliphatic rings. The highest BCUT2D eigenvalue weighted by atomic mass is 16.5. The topological polar surface area (TPSA) is 64.6 Å². The van der Waals surface area contributed by atoms with Crippen LogP contribution in [0.1, 0.15) is 23.2 Å². The molecular formula is C20H21NO4. The summed E-state index contributed by atoms with van der Waals surface area (Å²) in [6, 6.07) is 18.6. The Kier molecular flexibility index (Phi) is 5.14. The molecule has 1 N–H and O–H groups in total. The molecule has 0 amide bonds. The number of ether oxygens (including phenoxy) is 2. The van der Waals surface area contributed by atoms with Gasteiger partial charge in [-0.1, -0.05) is 60.7 Å². The van der Waals surface area contributed by atoms with E-state index < -0.39 is 23.8 Å². The van der Waals surface area contributed by atoms with Gasteiger partial charge in [-0.2, -0.15) is 0 Å². The van der Waals surface area contributed by atoms with Gasteiger partial charge >= 0.3 is 11.9 Å². The first-order chi connectivity index (χ1) is 12.2. The van der Waals surface area contributed by atoms with Gasteiger partial charge in [0.1, 0.15) is 0 Å². The van der Waals surface area contributed by atoms with Crippen molar-refractivity contribution in [3.05, 3.63) is 71.8 Å². The van der Waals surface area contributed by atoms with E-state index >= 15 is 0 Å². The van der Waals surface area contributed by atoms with Crippen molar-refractivity contribution in [2.45, 2.75) is 12.1 Å². The lowest BCUT2D eigenvalue weighted by atomic mass is 9.82. The molecule has 0 aliphatic carbocycles. The summed E-state index contributed by atoms with van der Waals surface area (Å²) >= 11 is 0. The molecule has 1 heterocycles. The Morgan fingerprint density at radius 2 is 1.08 bits per heavy atom. The smallest absolute Gasteiger partial charge is 0.311 e. The number of carbonyl (C=O) groups is 2. The second kappa shape index (κ2) is 7.49. The first kappa shape index (κ1) is 17.2. The lowest BCUT2D eigenvalue weighted by Crippen LogP contribution is -2.32. The van der Waals surface area contributed by atoms with Crippen LogP contribution >= 0.6 is 0 Å².